The van der Waals surface area contributed by atoms with Crippen LogP contribution in [0.5, 0.6) is 0 Å². The van der Waals surface area contributed by atoms with Gasteiger partial charge >= 0.3 is 0 Å². The molecule has 0 spiro atoms. The van der Waals surface area contributed by atoms with Crippen molar-refractivity contribution in [2.24, 2.45) is 0 Å². The molecular formula is C17H15N3O2S. The standard InChI is InChI=1S/C17H15N3O2S/c21-17(14-10-23-11-18-14)20-7-6-15-13(9-20)19-16(22-15)8-12-4-2-1-3-5-12/h1-5,10-11H,6-9H2. The molecule has 0 fully saturated rings. The second-order valence-corrected chi connectivity index (χ2v) is 6.21. The Labute approximate surface area is 137 Å². The highest BCUT2D eigenvalue weighted by atomic mass is 32.1. The normalized spacial score (nSPS) is 13.8. The first kappa shape index (κ1) is 14.1. The minimum absolute atomic E-state index is 0.0375. The number of nitrogens with zero attached hydrogens (tertiary/aromatic N) is 3. The van der Waals surface area contributed by atoms with E-state index in [2.05, 4.69) is 22.1 Å². The molecule has 1 aromatic carbocycles. The first-order chi connectivity index (χ1) is 11.3. The largest absolute Gasteiger partial charge is 0.445 e. The van der Waals surface area contributed by atoms with Gasteiger partial charge in [0.15, 0.2) is 5.89 Å². The molecule has 1 amide bonds. The minimum atomic E-state index is -0.0375. The molecule has 4 rings (SSSR count). The number of hydrogen-bond donors (Lipinski definition) is 0. The monoisotopic (exact) mass is 325 g/mol. The highest BCUT2D eigenvalue weighted by Crippen LogP contribution is 2.22. The molecule has 3 aromatic rings. The van der Waals surface area contributed by atoms with Crippen LogP contribution in [-0.4, -0.2) is 27.3 Å². The molecule has 0 bridgehead atoms. The average Bonchev–Trinajstić information content (AvgIpc) is 3.23. The van der Waals surface area contributed by atoms with E-state index < -0.39 is 0 Å². The second-order valence-electron chi connectivity index (χ2n) is 5.49. The van der Waals surface area contributed by atoms with Gasteiger partial charge in [-0.15, -0.1) is 11.3 Å². The Morgan fingerprint density at radius 2 is 2.17 bits per heavy atom. The lowest BCUT2D eigenvalue weighted by Gasteiger charge is -2.24. The topological polar surface area (TPSA) is 59.2 Å². The van der Waals surface area contributed by atoms with Crippen LogP contribution < -0.4 is 0 Å². The van der Waals surface area contributed by atoms with Gasteiger partial charge in [0.1, 0.15) is 17.1 Å². The molecular weight excluding hydrogens is 310 g/mol. The van der Waals surface area contributed by atoms with E-state index in [0.717, 1.165) is 11.5 Å². The third-order valence-electron chi connectivity index (χ3n) is 3.91. The number of carbonyl (C=O) groups is 1. The van der Waals surface area contributed by atoms with Crippen LogP contribution in [0.25, 0.3) is 0 Å². The lowest BCUT2D eigenvalue weighted by molar-refractivity contribution is 0.0722. The van der Waals surface area contributed by atoms with Gasteiger partial charge in [-0.05, 0) is 5.56 Å². The molecule has 0 saturated heterocycles. The molecule has 1 aliphatic rings. The molecule has 1 aliphatic heterocycles. The molecule has 0 saturated carbocycles. The second kappa shape index (κ2) is 5.96. The third-order valence-corrected chi connectivity index (χ3v) is 4.50. The van der Waals surface area contributed by atoms with Crippen molar-refractivity contribution in [2.75, 3.05) is 6.54 Å². The Morgan fingerprint density at radius 1 is 1.30 bits per heavy atom. The van der Waals surface area contributed by atoms with Crippen molar-refractivity contribution >= 4 is 17.2 Å². The summed E-state index contributed by atoms with van der Waals surface area (Å²) in [5, 5.41) is 1.78. The van der Waals surface area contributed by atoms with Crippen molar-refractivity contribution < 1.29 is 9.21 Å². The van der Waals surface area contributed by atoms with Crippen molar-refractivity contribution in [3.8, 4) is 0 Å². The molecule has 116 valence electrons. The van der Waals surface area contributed by atoms with Gasteiger partial charge in [0.25, 0.3) is 5.91 Å². The molecule has 5 nitrogen and oxygen atoms in total. The molecule has 0 N–H and O–H groups in total. The maximum Gasteiger partial charge on any atom is 0.273 e. The lowest BCUT2D eigenvalue weighted by atomic mass is 10.1. The predicted molar refractivity (Wildman–Crippen MR) is 86.3 cm³/mol. The zero-order chi connectivity index (χ0) is 15.6. The summed E-state index contributed by atoms with van der Waals surface area (Å²) in [4.78, 5) is 22.8. The molecule has 0 atom stereocenters. The zero-order valence-electron chi connectivity index (χ0n) is 12.4. The Hall–Kier alpha value is -2.47. The first-order valence-corrected chi connectivity index (χ1v) is 8.43. The van der Waals surface area contributed by atoms with Gasteiger partial charge in [0.2, 0.25) is 0 Å². The summed E-state index contributed by atoms with van der Waals surface area (Å²) in [6.45, 7) is 1.13. The van der Waals surface area contributed by atoms with Crippen LogP contribution in [0.3, 0.4) is 0 Å². The predicted octanol–water partition coefficient (Wildman–Crippen LogP) is 2.92. The van der Waals surface area contributed by atoms with Crippen LogP contribution in [0.4, 0.5) is 0 Å². The summed E-state index contributed by atoms with van der Waals surface area (Å²) >= 11 is 1.43. The van der Waals surface area contributed by atoms with E-state index in [1.165, 1.54) is 16.9 Å². The van der Waals surface area contributed by atoms with Gasteiger partial charge in [-0.3, -0.25) is 4.79 Å². The Balaban J connectivity index is 1.51. The quantitative estimate of drug-likeness (QED) is 0.743. The number of aromatic nitrogens is 2. The fourth-order valence-electron chi connectivity index (χ4n) is 2.75. The lowest BCUT2D eigenvalue weighted by Crippen LogP contribution is -2.35. The van der Waals surface area contributed by atoms with E-state index in [1.807, 2.05) is 18.2 Å². The van der Waals surface area contributed by atoms with Crippen molar-refractivity contribution in [3.05, 3.63) is 69.8 Å². The van der Waals surface area contributed by atoms with Crippen molar-refractivity contribution in [1.82, 2.24) is 14.9 Å². The number of amides is 1. The highest BCUT2D eigenvalue weighted by Gasteiger charge is 2.26. The van der Waals surface area contributed by atoms with E-state index in [4.69, 9.17) is 4.42 Å². The minimum Gasteiger partial charge on any atom is -0.445 e. The molecule has 6 heteroatoms. The molecule has 23 heavy (non-hydrogen) atoms. The van der Waals surface area contributed by atoms with E-state index in [9.17, 15) is 4.79 Å². The van der Waals surface area contributed by atoms with Gasteiger partial charge in [-0.2, -0.15) is 0 Å². The molecule has 2 aromatic heterocycles. The highest BCUT2D eigenvalue weighted by molar-refractivity contribution is 7.07. The van der Waals surface area contributed by atoms with Crippen LogP contribution in [0, 0.1) is 0 Å². The third kappa shape index (κ3) is 2.90. The summed E-state index contributed by atoms with van der Waals surface area (Å²) in [7, 11) is 0. The molecule has 0 radical (unpaired) electrons. The van der Waals surface area contributed by atoms with E-state index in [-0.39, 0.29) is 5.91 Å². The van der Waals surface area contributed by atoms with Gasteiger partial charge < -0.3 is 9.32 Å². The summed E-state index contributed by atoms with van der Waals surface area (Å²) in [5.41, 5.74) is 4.22. The summed E-state index contributed by atoms with van der Waals surface area (Å²) in [6, 6.07) is 10.1. The summed E-state index contributed by atoms with van der Waals surface area (Å²) < 4.78 is 5.87. The van der Waals surface area contributed by atoms with Gasteiger partial charge in [0.05, 0.1) is 12.1 Å². The molecule has 3 heterocycles. The van der Waals surface area contributed by atoms with E-state index in [1.54, 1.807) is 15.8 Å². The van der Waals surface area contributed by atoms with E-state index in [0.29, 0.717) is 37.5 Å². The van der Waals surface area contributed by atoms with Crippen LogP contribution in [-0.2, 0) is 19.4 Å². The van der Waals surface area contributed by atoms with Gasteiger partial charge in [-0.1, -0.05) is 30.3 Å². The smallest absolute Gasteiger partial charge is 0.273 e. The Kier molecular flexibility index (Phi) is 3.67. The number of rotatable bonds is 3. The summed E-state index contributed by atoms with van der Waals surface area (Å²) in [6.07, 6.45) is 1.38. The Bertz CT molecular complexity index is 812. The zero-order valence-corrected chi connectivity index (χ0v) is 13.3. The Morgan fingerprint density at radius 3 is 2.96 bits per heavy atom. The van der Waals surface area contributed by atoms with Crippen molar-refractivity contribution in [2.45, 2.75) is 19.4 Å². The number of hydrogen-bond acceptors (Lipinski definition) is 5. The number of oxazole rings is 1. The number of fused-ring (bicyclic) bond motifs is 1. The SMILES string of the molecule is O=C(c1cscn1)N1CCc2oc(Cc3ccccc3)nc2C1. The van der Waals surface area contributed by atoms with Crippen molar-refractivity contribution in [3.63, 3.8) is 0 Å². The average molecular weight is 325 g/mol. The van der Waals surface area contributed by atoms with Gasteiger partial charge in [-0.25, -0.2) is 9.97 Å². The number of benzene rings is 1. The fourth-order valence-corrected chi connectivity index (χ4v) is 3.28. The molecule has 0 aliphatic carbocycles. The van der Waals surface area contributed by atoms with Crippen LogP contribution in [0.15, 0.2) is 45.6 Å². The van der Waals surface area contributed by atoms with E-state index >= 15 is 0 Å². The first-order valence-electron chi connectivity index (χ1n) is 7.48. The number of carbonyl (C=O) groups excluding carboxylic acids is 1. The van der Waals surface area contributed by atoms with Gasteiger partial charge in [0, 0.05) is 24.8 Å². The van der Waals surface area contributed by atoms with Crippen molar-refractivity contribution in [1.29, 1.82) is 0 Å². The fraction of sp³-hybridized carbons (Fsp3) is 0.235. The number of thiazole rings is 1. The molecule has 0 unspecified atom stereocenters. The van der Waals surface area contributed by atoms with Crippen LogP contribution in [0.1, 0.15) is 33.4 Å². The summed E-state index contributed by atoms with van der Waals surface area (Å²) in [5.74, 6) is 1.58. The maximum absolute atomic E-state index is 12.4. The maximum atomic E-state index is 12.4. The van der Waals surface area contributed by atoms with Crippen LogP contribution >= 0.6 is 11.3 Å². The van der Waals surface area contributed by atoms with Crippen LogP contribution in [0.2, 0.25) is 0 Å².